The van der Waals surface area contributed by atoms with Crippen LogP contribution in [0.1, 0.15) is 19.8 Å². The minimum absolute atomic E-state index is 0.138. The smallest absolute Gasteiger partial charge is 0.243 e. The van der Waals surface area contributed by atoms with Crippen LogP contribution in [0, 0.1) is 0 Å². The molecule has 0 saturated heterocycles. The Morgan fingerprint density at radius 2 is 1.92 bits per heavy atom. The zero-order valence-electron chi connectivity index (χ0n) is 13.4. The second kappa shape index (κ2) is 9.40. The summed E-state index contributed by atoms with van der Waals surface area (Å²) in [7, 11) is 0. The lowest BCUT2D eigenvalue weighted by Gasteiger charge is -2.10. The van der Waals surface area contributed by atoms with Gasteiger partial charge in [-0.3, -0.25) is 4.79 Å². The maximum Gasteiger partial charge on any atom is 0.243 e. The van der Waals surface area contributed by atoms with E-state index >= 15 is 0 Å². The van der Waals surface area contributed by atoms with Crippen molar-refractivity contribution in [1.82, 2.24) is 0 Å². The summed E-state index contributed by atoms with van der Waals surface area (Å²) in [5, 5.41) is 6.69. The third-order valence-electron chi connectivity index (χ3n) is 3.26. The first kappa shape index (κ1) is 18.4. The number of unbranched alkanes of at least 4 members (excludes halogenated alkanes) is 1. The molecule has 1 amide bonds. The van der Waals surface area contributed by atoms with Gasteiger partial charge in [-0.2, -0.15) is 0 Å². The largest absolute Gasteiger partial charge is 0.494 e. The average molecular weight is 367 g/mol. The fourth-order valence-electron chi connectivity index (χ4n) is 1.99. The summed E-state index contributed by atoms with van der Waals surface area (Å²) < 4.78 is 5.65. The van der Waals surface area contributed by atoms with Gasteiger partial charge in [-0.25, -0.2) is 0 Å². The lowest BCUT2D eigenvalue weighted by atomic mass is 10.3. The lowest BCUT2D eigenvalue weighted by Crippen LogP contribution is -2.21. The van der Waals surface area contributed by atoms with E-state index in [1.807, 2.05) is 24.3 Å². The van der Waals surface area contributed by atoms with Crippen molar-refractivity contribution in [3.05, 3.63) is 52.5 Å². The van der Waals surface area contributed by atoms with E-state index < -0.39 is 0 Å². The Morgan fingerprint density at radius 1 is 1.08 bits per heavy atom. The molecule has 2 aromatic rings. The molecule has 2 N–H and O–H groups in total. The Balaban J connectivity index is 1.84. The Hall–Kier alpha value is -1.91. The number of hydrogen-bond donors (Lipinski definition) is 2. The van der Waals surface area contributed by atoms with Crippen LogP contribution in [0.25, 0.3) is 0 Å². The molecule has 0 aliphatic heterocycles. The van der Waals surface area contributed by atoms with Crippen molar-refractivity contribution in [1.29, 1.82) is 0 Å². The van der Waals surface area contributed by atoms with Crippen LogP contribution in [0.4, 0.5) is 11.4 Å². The summed E-state index contributed by atoms with van der Waals surface area (Å²) in [6, 6.07) is 12.5. The van der Waals surface area contributed by atoms with Gasteiger partial charge < -0.3 is 15.4 Å². The monoisotopic (exact) mass is 366 g/mol. The first-order valence-corrected chi connectivity index (χ1v) is 8.55. The molecule has 0 bridgehead atoms. The zero-order chi connectivity index (χ0) is 17.4. The molecular weight excluding hydrogens is 347 g/mol. The van der Waals surface area contributed by atoms with E-state index in [4.69, 9.17) is 27.9 Å². The van der Waals surface area contributed by atoms with Gasteiger partial charge in [0.2, 0.25) is 5.91 Å². The molecule has 2 aromatic carbocycles. The molecule has 0 heterocycles. The van der Waals surface area contributed by atoms with Crippen LogP contribution in [0.2, 0.25) is 10.0 Å². The van der Waals surface area contributed by atoms with Crippen molar-refractivity contribution >= 4 is 40.5 Å². The number of benzene rings is 2. The Labute approximate surface area is 152 Å². The number of ether oxygens (including phenoxy) is 1. The van der Waals surface area contributed by atoms with Crippen molar-refractivity contribution in [2.45, 2.75) is 19.8 Å². The van der Waals surface area contributed by atoms with Gasteiger partial charge in [-0.1, -0.05) is 42.6 Å². The molecule has 0 unspecified atom stereocenters. The minimum atomic E-state index is -0.175. The molecule has 128 valence electrons. The molecule has 0 aliphatic rings. The van der Waals surface area contributed by atoms with Crippen molar-refractivity contribution in [2.24, 2.45) is 0 Å². The van der Waals surface area contributed by atoms with Gasteiger partial charge in [-0.15, -0.1) is 0 Å². The number of anilines is 2. The summed E-state index contributed by atoms with van der Waals surface area (Å²) in [5.74, 6) is 0.615. The van der Waals surface area contributed by atoms with Crippen LogP contribution >= 0.6 is 23.2 Å². The fraction of sp³-hybridized carbons (Fsp3) is 0.278. The second-order valence-electron chi connectivity index (χ2n) is 5.26. The van der Waals surface area contributed by atoms with E-state index in [-0.39, 0.29) is 12.5 Å². The maximum atomic E-state index is 12.0. The second-order valence-corrected chi connectivity index (χ2v) is 6.07. The van der Waals surface area contributed by atoms with E-state index in [0.717, 1.165) is 24.3 Å². The molecule has 6 heteroatoms. The molecule has 0 fully saturated rings. The number of hydrogen-bond acceptors (Lipinski definition) is 3. The molecule has 4 nitrogen and oxygen atoms in total. The third-order valence-corrected chi connectivity index (χ3v) is 4.00. The van der Waals surface area contributed by atoms with E-state index in [9.17, 15) is 4.79 Å². The molecular formula is C18H20Cl2N2O2. The van der Waals surface area contributed by atoms with Crippen molar-refractivity contribution < 1.29 is 9.53 Å². The summed E-state index contributed by atoms with van der Waals surface area (Å²) in [6.45, 7) is 2.95. The van der Waals surface area contributed by atoms with Crippen LogP contribution in [0.3, 0.4) is 0 Å². The van der Waals surface area contributed by atoms with Crippen molar-refractivity contribution in [2.75, 3.05) is 23.8 Å². The summed E-state index contributed by atoms with van der Waals surface area (Å²) in [5.41, 5.74) is 1.43. The first-order valence-electron chi connectivity index (χ1n) is 7.80. The minimum Gasteiger partial charge on any atom is -0.494 e. The van der Waals surface area contributed by atoms with E-state index in [0.29, 0.717) is 22.3 Å². The van der Waals surface area contributed by atoms with E-state index in [1.54, 1.807) is 18.2 Å². The summed E-state index contributed by atoms with van der Waals surface area (Å²) in [4.78, 5) is 12.0. The number of carbonyl (C=O) groups excluding carboxylic acids is 1. The summed E-state index contributed by atoms with van der Waals surface area (Å²) >= 11 is 11.8. The molecule has 24 heavy (non-hydrogen) atoms. The van der Waals surface area contributed by atoms with Crippen LogP contribution in [-0.2, 0) is 4.79 Å². The van der Waals surface area contributed by atoms with Gasteiger partial charge in [0.25, 0.3) is 0 Å². The van der Waals surface area contributed by atoms with Gasteiger partial charge in [0, 0.05) is 17.4 Å². The number of halogens is 2. The Bertz CT molecular complexity index is 692. The maximum absolute atomic E-state index is 12.0. The molecule has 0 saturated carbocycles. The van der Waals surface area contributed by atoms with Crippen LogP contribution in [0.15, 0.2) is 42.5 Å². The van der Waals surface area contributed by atoms with Crippen LogP contribution in [0.5, 0.6) is 5.75 Å². The van der Waals surface area contributed by atoms with Gasteiger partial charge >= 0.3 is 0 Å². The molecule has 0 atom stereocenters. The SMILES string of the molecule is CCCCOc1cccc(NCC(=O)Nc2ccc(Cl)c(Cl)c2)c1. The van der Waals surface area contributed by atoms with Gasteiger partial charge in [-0.05, 0) is 36.8 Å². The third kappa shape index (κ3) is 5.95. The predicted octanol–water partition coefficient (Wildman–Crippen LogP) is 5.22. The highest BCUT2D eigenvalue weighted by molar-refractivity contribution is 6.42. The van der Waals surface area contributed by atoms with Gasteiger partial charge in [0.15, 0.2) is 0 Å². The normalized spacial score (nSPS) is 10.3. The van der Waals surface area contributed by atoms with Crippen LogP contribution in [-0.4, -0.2) is 19.1 Å². The average Bonchev–Trinajstić information content (AvgIpc) is 2.57. The number of nitrogens with one attached hydrogen (secondary N) is 2. The first-order chi connectivity index (χ1) is 11.6. The van der Waals surface area contributed by atoms with Crippen molar-refractivity contribution in [3.8, 4) is 5.75 Å². The molecule has 0 spiro atoms. The van der Waals surface area contributed by atoms with Crippen molar-refractivity contribution in [3.63, 3.8) is 0 Å². The van der Waals surface area contributed by atoms with Crippen LogP contribution < -0.4 is 15.4 Å². The standard InChI is InChI=1S/C18H20Cl2N2O2/c1-2-3-9-24-15-6-4-5-13(10-15)21-12-18(23)22-14-7-8-16(19)17(20)11-14/h4-8,10-11,21H,2-3,9,12H2,1H3,(H,22,23). The molecule has 0 radical (unpaired) electrons. The molecule has 0 aromatic heterocycles. The predicted molar refractivity (Wildman–Crippen MR) is 100 cm³/mol. The van der Waals surface area contributed by atoms with E-state index in [1.165, 1.54) is 0 Å². The number of carbonyl (C=O) groups is 1. The highest BCUT2D eigenvalue weighted by Crippen LogP contribution is 2.25. The number of rotatable bonds is 8. The van der Waals surface area contributed by atoms with Gasteiger partial charge in [0.1, 0.15) is 5.75 Å². The number of amides is 1. The lowest BCUT2D eigenvalue weighted by molar-refractivity contribution is -0.114. The van der Waals surface area contributed by atoms with Gasteiger partial charge in [0.05, 0.1) is 23.2 Å². The topological polar surface area (TPSA) is 50.4 Å². The zero-order valence-corrected chi connectivity index (χ0v) is 15.0. The van der Waals surface area contributed by atoms with E-state index in [2.05, 4.69) is 17.6 Å². The fourth-order valence-corrected chi connectivity index (χ4v) is 2.29. The quantitative estimate of drug-likeness (QED) is 0.629. The highest BCUT2D eigenvalue weighted by atomic mass is 35.5. The highest BCUT2D eigenvalue weighted by Gasteiger charge is 2.05. The Kier molecular flexibility index (Phi) is 7.22. The summed E-state index contributed by atoms with van der Waals surface area (Å²) in [6.07, 6.45) is 2.11. The Morgan fingerprint density at radius 3 is 2.67 bits per heavy atom. The molecule has 2 rings (SSSR count). The molecule has 0 aliphatic carbocycles.